The van der Waals surface area contributed by atoms with Crippen molar-refractivity contribution >= 4 is 17.7 Å². The van der Waals surface area contributed by atoms with Crippen molar-refractivity contribution in [3.05, 3.63) is 23.8 Å². The number of carbonyl (C=O) groups excluding carboxylic acids is 3. The standard InChI is InChI=1S/C20H26O7/c1-6-8-12(21)20(24)11(5)14-15(25-14)13-10(4)19(23)26-16(13)17(20)27-18(22)9(3)7-2/h6-8,10-11,13-17,24H,1-5H3. The number of epoxide rings is 1. The summed E-state index contributed by atoms with van der Waals surface area (Å²) in [4.78, 5) is 37.6. The van der Waals surface area contributed by atoms with E-state index in [-0.39, 0.29) is 12.0 Å². The van der Waals surface area contributed by atoms with Gasteiger partial charge in [0.2, 0.25) is 0 Å². The molecule has 2 aliphatic heterocycles. The number of esters is 2. The second-order valence-electron chi connectivity index (χ2n) is 7.61. The summed E-state index contributed by atoms with van der Waals surface area (Å²) >= 11 is 0. The first-order valence-electron chi connectivity index (χ1n) is 9.27. The molecule has 1 saturated carbocycles. The van der Waals surface area contributed by atoms with Crippen LogP contribution < -0.4 is 0 Å². The third-order valence-electron chi connectivity index (χ3n) is 6.14. The molecular weight excluding hydrogens is 352 g/mol. The number of carbonyl (C=O) groups is 3. The quantitative estimate of drug-likeness (QED) is 0.447. The highest BCUT2D eigenvalue weighted by Crippen LogP contribution is 2.53. The maximum absolute atomic E-state index is 12.9. The number of allylic oxidation sites excluding steroid dienone is 2. The number of rotatable bonds is 4. The van der Waals surface area contributed by atoms with E-state index in [2.05, 4.69) is 0 Å². The Morgan fingerprint density at radius 2 is 1.85 bits per heavy atom. The van der Waals surface area contributed by atoms with Crippen LogP contribution in [0.15, 0.2) is 23.8 Å². The molecule has 0 aromatic rings. The van der Waals surface area contributed by atoms with Gasteiger partial charge >= 0.3 is 11.9 Å². The minimum Gasteiger partial charge on any atom is -0.458 e. The van der Waals surface area contributed by atoms with Gasteiger partial charge in [0.05, 0.1) is 18.1 Å². The van der Waals surface area contributed by atoms with Gasteiger partial charge in [0.25, 0.3) is 0 Å². The van der Waals surface area contributed by atoms with Crippen LogP contribution in [0.25, 0.3) is 0 Å². The second-order valence-corrected chi connectivity index (χ2v) is 7.61. The van der Waals surface area contributed by atoms with E-state index in [1.54, 1.807) is 40.7 Å². The number of ketones is 1. The van der Waals surface area contributed by atoms with Crippen molar-refractivity contribution in [1.82, 2.24) is 0 Å². The molecule has 1 aliphatic carbocycles. The summed E-state index contributed by atoms with van der Waals surface area (Å²) in [5.41, 5.74) is -1.72. The third kappa shape index (κ3) is 2.93. The molecular formula is C20H26O7. The third-order valence-corrected chi connectivity index (χ3v) is 6.14. The van der Waals surface area contributed by atoms with Gasteiger partial charge in [-0.3, -0.25) is 9.59 Å². The summed E-state index contributed by atoms with van der Waals surface area (Å²) in [7, 11) is 0. The molecule has 8 atom stereocenters. The Labute approximate surface area is 158 Å². The first-order chi connectivity index (χ1) is 12.7. The van der Waals surface area contributed by atoms with Gasteiger partial charge in [-0.25, -0.2) is 4.79 Å². The number of fused-ring (bicyclic) bond motifs is 3. The molecule has 0 aromatic carbocycles. The van der Waals surface area contributed by atoms with Crippen LogP contribution in [0.1, 0.15) is 34.6 Å². The van der Waals surface area contributed by atoms with Gasteiger partial charge < -0.3 is 19.3 Å². The van der Waals surface area contributed by atoms with Gasteiger partial charge in [-0.2, -0.15) is 0 Å². The molecule has 0 aromatic heterocycles. The van der Waals surface area contributed by atoms with E-state index in [0.29, 0.717) is 5.57 Å². The monoisotopic (exact) mass is 378 g/mol. The van der Waals surface area contributed by atoms with Crippen LogP contribution in [0, 0.1) is 17.8 Å². The highest BCUT2D eigenvalue weighted by molar-refractivity contribution is 5.98. The van der Waals surface area contributed by atoms with Crippen molar-refractivity contribution in [2.75, 3.05) is 0 Å². The molecule has 8 unspecified atom stereocenters. The first-order valence-corrected chi connectivity index (χ1v) is 9.27. The van der Waals surface area contributed by atoms with Crippen molar-refractivity contribution in [3.63, 3.8) is 0 Å². The van der Waals surface area contributed by atoms with Crippen LogP contribution >= 0.6 is 0 Å². The molecule has 0 spiro atoms. The molecule has 3 rings (SSSR count). The Bertz CT molecular complexity index is 724. The fourth-order valence-corrected chi connectivity index (χ4v) is 4.24. The summed E-state index contributed by atoms with van der Waals surface area (Å²) in [6, 6.07) is 0. The minimum absolute atomic E-state index is 0.317. The average Bonchev–Trinajstić information content (AvgIpc) is 3.37. The molecule has 3 fully saturated rings. The lowest BCUT2D eigenvalue weighted by Crippen LogP contribution is -2.60. The largest absolute Gasteiger partial charge is 0.458 e. The summed E-state index contributed by atoms with van der Waals surface area (Å²) in [6.07, 6.45) is 1.37. The second kappa shape index (κ2) is 6.87. The van der Waals surface area contributed by atoms with Crippen LogP contribution in [0.3, 0.4) is 0 Å². The molecule has 0 bridgehead atoms. The Balaban J connectivity index is 2.09. The molecule has 0 amide bonds. The van der Waals surface area contributed by atoms with E-state index >= 15 is 0 Å². The summed E-state index contributed by atoms with van der Waals surface area (Å²) < 4.78 is 16.8. The predicted molar refractivity (Wildman–Crippen MR) is 94.4 cm³/mol. The Morgan fingerprint density at radius 3 is 2.44 bits per heavy atom. The van der Waals surface area contributed by atoms with E-state index in [9.17, 15) is 19.5 Å². The fraction of sp³-hybridized carbons (Fsp3) is 0.650. The smallest absolute Gasteiger partial charge is 0.333 e. The van der Waals surface area contributed by atoms with Crippen LogP contribution in [0.2, 0.25) is 0 Å². The number of aliphatic hydroxyl groups is 1. The molecule has 7 heteroatoms. The van der Waals surface area contributed by atoms with Crippen LogP contribution in [0.5, 0.6) is 0 Å². The lowest BCUT2D eigenvalue weighted by Gasteiger charge is -2.39. The van der Waals surface area contributed by atoms with Crippen molar-refractivity contribution in [2.24, 2.45) is 17.8 Å². The first kappa shape index (κ1) is 19.8. The van der Waals surface area contributed by atoms with E-state index in [1.165, 1.54) is 12.2 Å². The molecule has 2 heterocycles. The van der Waals surface area contributed by atoms with Gasteiger partial charge in [-0.05, 0) is 26.8 Å². The zero-order chi connectivity index (χ0) is 20.1. The molecule has 148 valence electrons. The van der Waals surface area contributed by atoms with Gasteiger partial charge in [0.15, 0.2) is 17.5 Å². The summed E-state index contributed by atoms with van der Waals surface area (Å²) in [5.74, 6) is -3.20. The molecule has 1 N–H and O–H groups in total. The van der Waals surface area contributed by atoms with E-state index in [1.807, 2.05) is 0 Å². The van der Waals surface area contributed by atoms with Crippen molar-refractivity contribution in [2.45, 2.75) is 64.6 Å². The molecule has 2 saturated heterocycles. The van der Waals surface area contributed by atoms with E-state index in [0.717, 1.165) is 0 Å². The van der Waals surface area contributed by atoms with Gasteiger partial charge in [0.1, 0.15) is 6.10 Å². The summed E-state index contributed by atoms with van der Waals surface area (Å²) in [5, 5.41) is 11.5. The highest BCUT2D eigenvalue weighted by Gasteiger charge is 2.71. The Hall–Kier alpha value is -1.99. The van der Waals surface area contributed by atoms with Crippen molar-refractivity contribution < 1.29 is 33.7 Å². The summed E-state index contributed by atoms with van der Waals surface area (Å²) in [6.45, 7) is 8.35. The highest BCUT2D eigenvalue weighted by atomic mass is 16.6. The predicted octanol–water partition coefficient (Wildman–Crippen LogP) is 1.34. The average molecular weight is 378 g/mol. The van der Waals surface area contributed by atoms with Crippen molar-refractivity contribution in [1.29, 1.82) is 0 Å². The van der Waals surface area contributed by atoms with Gasteiger partial charge in [-0.15, -0.1) is 0 Å². The molecule has 0 radical (unpaired) electrons. The number of ether oxygens (including phenoxy) is 3. The van der Waals surface area contributed by atoms with Crippen LogP contribution in [0.4, 0.5) is 0 Å². The molecule has 27 heavy (non-hydrogen) atoms. The lowest BCUT2D eigenvalue weighted by molar-refractivity contribution is -0.196. The topological polar surface area (TPSA) is 102 Å². The normalized spacial score (nSPS) is 43.6. The number of hydrogen-bond donors (Lipinski definition) is 1. The van der Waals surface area contributed by atoms with E-state index < -0.39 is 53.5 Å². The van der Waals surface area contributed by atoms with Gasteiger partial charge in [-0.1, -0.05) is 26.0 Å². The van der Waals surface area contributed by atoms with Crippen molar-refractivity contribution in [3.8, 4) is 0 Å². The Kier molecular flexibility index (Phi) is 5.03. The molecule has 7 nitrogen and oxygen atoms in total. The maximum Gasteiger partial charge on any atom is 0.333 e. The lowest BCUT2D eigenvalue weighted by atomic mass is 9.77. The molecule has 3 aliphatic rings. The van der Waals surface area contributed by atoms with E-state index in [4.69, 9.17) is 14.2 Å². The minimum atomic E-state index is -2.06. The number of hydrogen-bond acceptors (Lipinski definition) is 7. The maximum atomic E-state index is 12.9. The fourth-order valence-electron chi connectivity index (χ4n) is 4.24. The zero-order valence-electron chi connectivity index (χ0n) is 16.2. The SMILES string of the molecule is CC=CC(=O)C1(O)C(C)C2OC2C2C(C)C(=O)OC2C1OC(=O)C(C)=CC. The van der Waals surface area contributed by atoms with Gasteiger partial charge in [0, 0.05) is 17.4 Å². The zero-order valence-corrected chi connectivity index (χ0v) is 16.2. The van der Waals surface area contributed by atoms with Crippen LogP contribution in [-0.4, -0.2) is 52.8 Å². The Morgan fingerprint density at radius 1 is 1.19 bits per heavy atom. The van der Waals surface area contributed by atoms with Crippen LogP contribution in [-0.2, 0) is 28.6 Å².